The van der Waals surface area contributed by atoms with Gasteiger partial charge in [0.25, 0.3) is 0 Å². The van der Waals surface area contributed by atoms with E-state index in [1.165, 1.54) is 57.6 Å². The zero-order valence-corrected chi connectivity index (χ0v) is 18.4. The molecule has 1 aliphatic carbocycles. The highest BCUT2D eigenvalue weighted by molar-refractivity contribution is 14.0. The van der Waals surface area contributed by atoms with Crippen molar-refractivity contribution in [3.8, 4) is 0 Å². The summed E-state index contributed by atoms with van der Waals surface area (Å²) in [5, 5.41) is 3.36. The zero-order chi connectivity index (χ0) is 16.8. The molecule has 0 bridgehead atoms. The van der Waals surface area contributed by atoms with E-state index in [0.29, 0.717) is 12.0 Å². The summed E-state index contributed by atoms with van der Waals surface area (Å²) < 4.78 is 22.6. The van der Waals surface area contributed by atoms with Crippen molar-refractivity contribution < 1.29 is 8.42 Å². The molecule has 2 rings (SSSR count). The van der Waals surface area contributed by atoms with Gasteiger partial charge in [0.1, 0.15) is 9.84 Å². The lowest BCUT2D eigenvalue weighted by Gasteiger charge is -2.44. The molecule has 1 saturated carbocycles. The van der Waals surface area contributed by atoms with E-state index in [-0.39, 0.29) is 29.7 Å². The minimum Gasteiger partial charge on any atom is -0.357 e. The highest BCUT2D eigenvalue weighted by Gasteiger charge is 2.36. The number of likely N-dealkylation sites (tertiary alicyclic amines) is 1. The maximum atomic E-state index is 11.3. The van der Waals surface area contributed by atoms with Crippen LogP contribution in [0.15, 0.2) is 4.99 Å². The molecule has 5 nitrogen and oxygen atoms in total. The molecule has 0 aromatic heterocycles. The average Bonchev–Trinajstić information content (AvgIpc) is 2.71. The minimum absolute atomic E-state index is 0. The quantitative estimate of drug-likeness (QED) is 0.389. The van der Waals surface area contributed by atoms with Crippen molar-refractivity contribution in [2.45, 2.75) is 58.3 Å². The van der Waals surface area contributed by atoms with Crippen LogP contribution in [0.4, 0.5) is 0 Å². The van der Waals surface area contributed by atoms with Gasteiger partial charge in [0.2, 0.25) is 0 Å². The Balaban J connectivity index is 0.00000288. The van der Waals surface area contributed by atoms with Crippen LogP contribution in [0, 0.1) is 5.41 Å². The predicted octanol–water partition coefficient (Wildman–Crippen LogP) is 3.05. The first-order valence-electron chi connectivity index (χ1n) is 9.15. The van der Waals surface area contributed by atoms with E-state index >= 15 is 0 Å². The third-order valence-corrected chi connectivity index (χ3v) is 6.11. The summed E-state index contributed by atoms with van der Waals surface area (Å²) in [5.74, 6) is 1.03. The van der Waals surface area contributed by atoms with Gasteiger partial charge >= 0.3 is 0 Å². The van der Waals surface area contributed by atoms with Crippen LogP contribution in [0.3, 0.4) is 0 Å². The van der Waals surface area contributed by atoms with Crippen LogP contribution in [0.25, 0.3) is 0 Å². The molecule has 2 fully saturated rings. The maximum absolute atomic E-state index is 11.3. The van der Waals surface area contributed by atoms with E-state index < -0.39 is 9.84 Å². The van der Waals surface area contributed by atoms with Gasteiger partial charge < -0.3 is 10.2 Å². The zero-order valence-electron chi connectivity index (χ0n) is 15.2. The van der Waals surface area contributed by atoms with Gasteiger partial charge in [-0.15, -0.1) is 24.0 Å². The average molecular weight is 471 g/mol. The molecule has 24 heavy (non-hydrogen) atoms. The number of rotatable bonds is 4. The van der Waals surface area contributed by atoms with Crippen LogP contribution in [-0.2, 0) is 9.84 Å². The fraction of sp³-hybridized carbons (Fsp3) is 0.941. The summed E-state index contributed by atoms with van der Waals surface area (Å²) in [7, 11) is -2.95. The summed E-state index contributed by atoms with van der Waals surface area (Å²) in [5.41, 5.74) is 0.460. The SMILES string of the molecule is CCNC(=NCCS(C)(=O)=O)N1CCCC2(CCCCCC2)C1.I. The van der Waals surface area contributed by atoms with E-state index in [1.54, 1.807) is 0 Å². The normalized spacial score (nSPS) is 21.9. The summed E-state index contributed by atoms with van der Waals surface area (Å²) in [6, 6.07) is 0. The van der Waals surface area contributed by atoms with E-state index in [1.807, 2.05) is 0 Å². The smallest absolute Gasteiger partial charge is 0.193 e. The van der Waals surface area contributed by atoms with E-state index in [0.717, 1.165) is 25.6 Å². The molecular weight excluding hydrogens is 437 g/mol. The molecule has 0 atom stereocenters. The van der Waals surface area contributed by atoms with Crippen LogP contribution < -0.4 is 5.32 Å². The van der Waals surface area contributed by atoms with Crippen LogP contribution >= 0.6 is 24.0 Å². The summed E-state index contributed by atoms with van der Waals surface area (Å²) in [6.07, 6.45) is 12.0. The van der Waals surface area contributed by atoms with Crippen molar-refractivity contribution in [3.05, 3.63) is 0 Å². The van der Waals surface area contributed by atoms with E-state index in [9.17, 15) is 8.42 Å². The predicted molar refractivity (Wildman–Crippen MR) is 112 cm³/mol. The summed E-state index contributed by atoms with van der Waals surface area (Å²) in [6.45, 7) is 5.35. The largest absolute Gasteiger partial charge is 0.357 e. The molecule has 1 spiro atoms. The lowest BCUT2D eigenvalue weighted by atomic mass is 9.74. The fourth-order valence-electron chi connectivity index (χ4n) is 4.02. The first kappa shape index (κ1) is 22.0. The Bertz CT molecular complexity index is 500. The second-order valence-electron chi connectivity index (χ2n) is 7.30. The van der Waals surface area contributed by atoms with Gasteiger partial charge in [-0.25, -0.2) is 8.42 Å². The number of halogens is 1. The molecule has 142 valence electrons. The lowest BCUT2D eigenvalue weighted by molar-refractivity contribution is 0.115. The Hall–Kier alpha value is -0.0500. The Morgan fingerprint density at radius 3 is 2.33 bits per heavy atom. The molecule has 0 radical (unpaired) electrons. The number of aliphatic imine (C=N–C) groups is 1. The first-order chi connectivity index (χ1) is 10.9. The molecule has 0 amide bonds. The van der Waals surface area contributed by atoms with E-state index in [2.05, 4.69) is 22.1 Å². The molecule has 1 saturated heterocycles. The molecule has 0 aromatic carbocycles. The minimum atomic E-state index is -2.95. The van der Waals surface area contributed by atoms with Crippen molar-refractivity contribution in [1.82, 2.24) is 10.2 Å². The Morgan fingerprint density at radius 2 is 1.75 bits per heavy atom. The third-order valence-electron chi connectivity index (χ3n) is 5.18. The van der Waals surface area contributed by atoms with Crippen LogP contribution in [0.2, 0.25) is 0 Å². The second kappa shape index (κ2) is 10.2. The van der Waals surface area contributed by atoms with E-state index in [4.69, 9.17) is 0 Å². The first-order valence-corrected chi connectivity index (χ1v) is 11.2. The standard InChI is InChI=1S/C17H33N3O2S.HI/c1-3-18-16(19-12-14-23(2,21)22)20-13-8-11-17(15-20)9-6-4-5-7-10-17;/h3-15H2,1-2H3,(H,18,19);1H. The topological polar surface area (TPSA) is 61.8 Å². The van der Waals surface area contributed by atoms with Crippen molar-refractivity contribution in [3.63, 3.8) is 0 Å². The second-order valence-corrected chi connectivity index (χ2v) is 9.56. The Kier molecular flexibility index (Phi) is 9.33. The lowest BCUT2D eigenvalue weighted by Crippen LogP contribution is -2.50. The van der Waals surface area contributed by atoms with Crippen LogP contribution in [-0.4, -0.2) is 57.5 Å². The van der Waals surface area contributed by atoms with Crippen LogP contribution in [0.5, 0.6) is 0 Å². The van der Waals surface area contributed by atoms with Crippen molar-refractivity contribution in [1.29, 1.82) is 0 Å². The van der Waals surface area contributed by atoms with Gasteiger partial charge in [0.15, 0.2) is 5.96 Å². The van der Waals surface area contributed by atoms with Gasteiger partial charge in [-0.2, -0.15) is 0 Å². The van der Waals surface area contributed by atoms with Gasteiger partial charge in [-0.05, 0) is 38.0 Å². The number of hydrogen-bond donors (Lipinski definition) is 1. The maximum Gasteiger partial charge on any atom is 0.193 e. The molecule has 2 aliphatic rings. The van der Waals surface area contributed by atoms with Gasteiger partial charge in [-0.1, -0.05) is 25.7 Å². The number of guanidine groups is 1. The molecular formula is C17H34IN3O2S. The number of nitrogens with zero attached hydrogens (tertiary/aromatic N) is 2. The monoisotopic (exact) mass is 471 g/mol. The van der Waals surface area contributed by atoms with Crippen molar-refractivity contribution >= 4 is 39.8 Å². The summed E-state index contributed by atoms with van der Waals surface area (Å²) in [4.78, 5) is 6.95. The van der Waals surface area contributed by atoms with Crippen LogP contribution in [0.1, 0.15) is 58.3 Å². The molecule has 0 aromatic rings. The molecule has 1 N–H and O–H groups in total. The van der Waals surface area contributed by atoms with Crippen molar-refractivity contribution in [2.24, 2.45) is 10.4 Å². The number of sulfone groups is 1. The third kappa shape index (κ3) is 7.06. The molecule has 1 aliphatic heterocycles. The Labute approximate surface area is 165 Å². The summed E-state index contributed by atoms with van der Waals surface area (Å²) >= 11 is 0. The van der Waals surface area contributed by atoms with Gasteiger partial charge in [0, 0.05) is 25.9 Å². The highest BCUT2D eigenvalue weighted by Crippen LogP contribution is 2.42. The fourth-order valence-corrected chi connectivity index (χ4v) is 4.44. The van der Waals surface area contributed by atoms with Gasteiger partial charge in [0.05, 0.1) is 12.3 Å². The molecule has 7 heteroatoms. The Morgan fingerprint density at radius 1 is 1.12 bits per heavy atom. The molecule has 1 heterocycles. The highest BCUT2D eigenvalue weighted by atomic mass is 127. The van der Waals surface area contributed by atoms with Gasteiger partial charge in [-0.3, -0.25) is 4.99 Å². The number of nitrogens with one attached hydrogen (secondary N) is 1. The molecule has 0 unspecified atom stereocenters. The number of piperidine rings is 1. The number of hydrogen-bond acceptors (Lipinski definition) is 3. The van der Waals surface area contributed by atoms with Crippen molar-refractivity contribution in [2.75, 3.05) is 38.2 Å².